The zero-order chi connectivity index (χ0) is 26.4. The molecule has 1 saturated carbocycles. The van der Waals surface area contributed by atoms with Crippen molar-refractivity contribution in [2.45, 2.75) is 29.8 Å². The van der Waals surface area contributed by atoms with E-state index in [0.717, 1.165) is 12.3 Å². The van der Waals surface area contributed by atoms with Crippen molar-refractivity contribution in [3.63, 3.8) is 0 Å². The number of nitrogens with one attached hydrogen (secondary N) is 1. The van der Waals surface area contributed by atoms with E-state index in [-0.39, 0.29) is 40.1 Å². The molecule has 0 amide bonds. The number of hydrogen-bond acceptors (Lipinski definition) is 9. The van der Waals surface area contributed by atoms with Crippen LogP contribution in [0.5, 0.6) is 5.88 Å². The second-order valence-corrected chi connectivity index (χ2v) is 12.2. The lowest BCUT2D eigenvalue weighted by Crippen LogP contribution is -2.58. The Labute approximate surface area is 219 Å². The Bertz CT molecular complexity index is 1440. The summed E-state index contributed by atoms with van der Waals surface area (Å²) in [5.41, 5.74) is 1.07. The minimum absolute atomic E-state index is 0.0380. The Kier molecular flexibility index (Phi) is 6.39. The largest absolute Gasteiger partial charge is 0.471 e. The van der Waals surface area contributed by atoms with Crippen LogP contribution in [0.1, 0.15) is 24.3 Å². The third kappa shape index (κ3) is 5.02. The van der Waals surface area contributed by atoms with Crippen molar-refractivity contribution in [1.82, 2.24) is 15.0 Å². The maximum atomic E-state index is 15.4. The molecule has 2 aromatic heterocycles. The summed E-state index contributed by atoms with van der Waals surface area (Å²) in [5.74, 6) is -0.613. The zero-order valence-corrected chi connectivity index (χ0v) is 21.5. The highest BCUT2D eigenvalue weighted by atomic mass is 32.2. The first-order valence-corrected chi connectivity index (χ1v) is 14.4. The van der Waals surface area contributed by atoms with Gasteiger partial charge in [-0.2, -0.15) is 4.39 Å². The average molecular weight is 544 g/mol. The molecular formula is C26H27F2N5O4S. The number of benzene rings is 1. The van der Waals surface area contributed by atoms with Gasteiger partial charge >= 0.3 is 0 Å². The molecule has 3 fully saturated rings. The standard InChI is InChI=1S/C26H27F2N5O4S/c1-38(34,35)19-4-5-21(20(27)8-19)32-22-6-7-29-25(23(22)28)37-24-17-11-33(12-18(24)14-36-13-17)26-30-9-16(10-31-26)15-2-3-15/h4-10,15,17-18,24H,2-3,11-14H2,1H3,(H,29,32). The van der Waals surface area contributed by atoms with Crippen LogP contribution in [-0.2, 0) is 14.6 Å². The van der Waals surface area contributed by atoms with Crippen molar-refractivity contribution < 1.29 is 26.7 Å². The summed E-state index contributed by atoms with van der Waals surface area (Å²) in [4.78, 5) is 15.2. The molecule has 3 aliphatic rings. The number of aromatic nitrogens is 3. The van der Waals surface area contributed by atoms with E-state index < -0.39 is 21.5 Å². The highest BCUT2D eigenvalue weighted by Crippen LogP contribution is 2.40. The van der Waals surface area contributed by atoms with Crippen LogP contribution < -0.4 is 15.0 Å². The molecule has 3 aromatic rings. The number of anilines is 3. The second kappa shape index (κ2) is 9.73. The molecule has 6 rings (SSSR count). The number of ether oxygens (including phenoxy) is 2. The lowest BCUT2D eigenvalue weighted by atomic mass is 9.84. The summed E-state index contributed by atoms with van der Waals surface area (Å²) < 4.78 is 65.2. The summed E-state index contributed by atoms with van der Waals surface area (Å²) in [5, 5.41) is 2.68. The van der Waals surface area contributed by atoms with E-state index in [9.17, 15) is 12.8 Å². The molecule has 9 nitrogen and oxygen atoms in total. The molecule has 1 aromatic carbocycles. The lowest BCUT2D eigenvalue weighted by molar-refractivity contribution is -0.0780. The number of pyridine rings is 1. The number of rotatable bonds is 7. The first-order chi connectivity index (χ1) is 18.3. The topological polar surface area (TPSA) is 107 Å². The van der Waals surface area contributed by atoms with Gasteiger partial charge in [0.1, 0.15) is 11.9 Å². The molecule has 12 heteroatoms. The molecule has 38 heavy (non-hydrogen) atoms. The van der Waals surface area contributed by atoms with E-state index in [0.29, 0.717) is 38.2 Å². The first kappa shape index (κ1) is 24.9. The van der Waals surface area contributed by atoms with Crippen molar-refractivity contribution in [2.75, 3.05) is 42.8 Å². The molecule has 0 spiro atoms. The van der Waals surface area contributed by atoms with E-state index >= 15 is 4.39 Å². The average Bonchev–Trinajstić information content (AvgIpc) is 3.72. The Balaban J connectivity index is 1.17. The number of fused-ring (bicyclic) bond motifs is 2. The predicted octanol–water partition coefficient (Wildman–Crippen LogP) is 3.70. The third-order valence-electron chi connectivity index (χ3n) is 7.24. The maximum Gasteiger partial charge on any atom is 0.252 e. The van der Waals surface area contributed by atoms with Gasteiger partial charge in [0.15, 0.2) is 9.84 Å². The second-order valence-electron chi connectivity index (χ2n) is 10.2. The number of piperidine rings is 1. The van der Waals surface area contributed by atoms with Gasteiger partial charge in [0.2, 0.25) is 11.8 Å². The highest BCUT2D eigenvalue weighted by Gasteiger charge is 2.43. The SMILES string of the molecule is CS(=O)(=O)c1ccc(Nc2ccnc(OC3C4COCC3CN(c3ncc(C5CC5)cn3)C4)c2F)c(F)c1. The normalized spacial score (nSPS) is 23.2. The molecule has 2 saturated heterocycles. The van der Waals surface area contributed by atoms with Gasteiger partial charge in [-0.05, 0) is 48.6 Å². The van der Waals surface area contributed by atoms with Crippen molar-refractivity contribution in [1.29, 1.82) is 0 Å². The number of sulfone groups is 1. The monoisotopic (exact) mass is 543 g/mol. The van der Waals surface area contributed by atoms with Crippen LogP contribution in [0.2, 0.25) is 0 Å². The van der Waals surface area contributed by atoms with Crippen molar-refractivity contribution in [3.8, 4) is 5.88 Å². The van der Waals surface area contributed by atoms with Gasteiger partial charge in [-0.25, -0.2) is 27.8 Å². The van der Waals surface area contributed by atoms with Crippen LogP contribution in [0.4, 0.5) is 26.1 Å². The molecule has 4 heterocycles. The van der Waals surface area contributed by atoms with E-state index in [1.54, 1.807) is 0 Å². The van der Waals surface area contributed by atoms with E-state index in [1.165, 1.54) is 42.8 Å². The van der Waals surface area contributed by atoms with Crippen LogP contribution >= 0.6 is 0 Å². The van der Waals surface area contributed by atoms with Crippen molar-refractivity contribution in [3.05, 3.63) is 60.1 Å². The molecule has 0 radical (unpaired) electrons. The van der Waals surface area contributed by atoms with Gasteiger partial charge in [0.25, 0.3) is 5.88 Å². The molecule has 2 atom stereocenters. The van der Waals surface area contributed by atoms with Crippen LogP contribution in [0.3, 0.4) is 0 Å². The van der Waals surface area contributed by atoms with Gasteiger partial charge in [-0.15, -0.1) is 0 Å². The predicted molar refractivity (Wildman–Crippen MR) is 135 cm³/mol. The summed E-state index contributed by atoms with van der Waals surface area (Å²) in [7, 11) is -3.57. The Hall–Kier alpha value is -3.38. The fourth-order valence-corrected chi connectivity index (χ4v) is 5.71. The number of hydrogen-bond donors (Lipinski definition) is 1. The molecule has 200 valence electrons. The van der Waals surface area contributed by atoms with Crippen LogP contribution in [-0.4, -0.2) is 62.0 Å². The zero-order valence-electron chi connectivity index (χ0n) is 20.7. The summed E-state index contributed by atoms with van der Waals surface area (Å²) in [6.45, 7) is 2.10. The van der Waals surface area contributed by atoms with E-state index in [1.807, 2.05) is 12.4 Å². The minimum atomic E-state index is -3.57. The van der Waals surface area contributed by atoms with Crippen LogP contribution in [0.15, 0.2) is 47.8 Å². The third-order valence-corrected chi connectivity index (χ3v) is 8.35. The maximum absolute atomic E-state index is 15.4. The lowest BCUT2D eigenvalue weighted by Gasteiger charge is -2.46. The van der Waals surface area contributed by atoms with Crippen LogP contribution in [0, 0.1) is 23.5 Å². The van der Waals surface area contributed by atoms with Crippen LogP contribution in [0.25, 0.3) is 0 Å². The Morgan fingerprint density at radius 3 is 2.37 bits per heavy atom. The summed E-state index contributed by atoms with van der Waals surface area (Å²) in [6, 6.07) is 4.77. The first-order valence-electron chi connectivity index (χ1n) is 12.5. The van der Waals surface area contributed by atoms with Gasteiger partial charge in [0.05, 0.1) is 29.5 Å². The molecule has 1 aliphatic carbocycles. The van der Waals surface area contributed by atoms with Gasteiger partial charge in [-0.3, -0.25) is 0 Å². The number of halogens is 2. The highest BCUT2D eigenvalue weighted by molar-refractivity contribution is 7.90. The van der Waals surface area contributed by atoms with Gasteiger partial charge in [-0.1, -0.05) is 0 Å². The Morgan fingerprint density at radius 2 is 1.74 bits per heavy atom. The van der Waals surface area contributed by atoms with E-state index in [2.05, 4.69) is 25.2 Å². The van der Waals surface area contributed by atoms with E-state index in [4.69, 9.17) is 9.47 Å². The summed E-state index contributed by atoms with van der Waals surface area (Å²) >= 11 is 0. The van der Waals surface area contributed by atoms with Gasteiger partial charge < -0.3 is 19.7 Å². The number of nitrogens with zero attached hydrogens (tertiary/aromatic N) is 4. The molecule has 1 N–H and O–H groups in total. The minimum Gasteiger partial charge on any atom is -0.471 e. The summed E-state index contributed by atoms with van der Waals surface area (Å²) in [6.07, 6.45) is 8.24. The van der Waals surface area contributed by atoms with Gasteiger partial charge in [0, 0.05) is 49.8 Å². The molecule has 2 bridgehead atoms. The van der Waals surface area contributed by atoms with Crippen molar-refractivity contribution >= 4 is 27.2 Å². The quantitative estimate of drug-likeness (QED) is 0.477. The molecular weight excluding hydrogens is 516 g/mol. The molecule has 2 aliphatic heterocycles. The fourth-order valence-electron chi connectivity index (χ4n) is 5.08. The molecule has 2 unspecified atom stereocenters. The Morgan fingerprint density at radius 1 is 1.03 bits per heavy atom. The fraction of sp³-hybridized carbons (Fsp3) is 0.423. The van der Waals surface area contributed by atoms with Crippen molar-refractivity contribution in [2.24, 2.45) is 11.8 Å². The smallest absolute Gasteiger partial charge is 0.252 e.